The van der Waals surface area contributed by atoms with Crippen molar-refractivity contribution in [2.45, 2.75) is 26.3 Å². The largest absolute Gasteiger partial charge is 0.232 e. The van der Waals surface area contributed by atoms with Crippen molar-refractivity contribution in [2.24, 2.45) is 0 Å². The van der Waals surface area contributed by atoms with Crippen LogP contribution in [-0.2, 0) is 5.54 Å². The van der Waals surface area contributed by atoms with Crippen molar-refractivity contribution in [1.82, 2.24) is 9.78 Å². The van der Waals surface area contributed by atoms with Crippen LogP contribution in [-0.4, -0.2) is 9.78 Å². The minimum atomic E-state index is -0.589. The summed E-state index contributed by atoms with van der Waals surface area (Å²) in [5.74, 6) is -0.589. The molecule has 0 saturated heterocycles. The average molecular weight is 211 g/mol. The number of nitrogens with zero attached hydrogens (tertiary/aromatic N) is 2. The fraction of sp³-hybridized carbons (Fsp3) is 0.571. The molecule has 1 aromatic heterocycles. The molecule has 0 unspecified atom stereocenters. The van der Waals surface area contributed by atoms with E-state index in [9.17, 15) is 4.39 Å². The topological polar surface area (TPSA) is 17.8 Å². The molecule has 12 heavy (non-hydrogen) atoms. The van der Waals surface area contributed by atoms with Gasteiger partial charge in [0, 0.05) is 0 Å². The first-order valence-electron chi connectivity index (χ1n) is 3.44. The van der Waals surface area contributed by atoms with Gasteiger partial charge in [-0.05, 0) is 20.8 Å². The highest BCUT2D eigenvalue weighted by Gasteiger charge is 2.23. The van der Waals surface area contributed by atoms with Crippen LogP contribution in [0.15, 0.2) is 0 Å². The quantitative estimate of drug-likeness (QED) is 0.644. The number of halogens is 3. The van der Waals surface area contributed by atoms with E-state index >= 15 is 0 Å². The molecule has 0 saturated carbocycles. The van der Waals surface area contributed by atoms with E-state index in [2.05, 4.69) is 5.10 Å². The molecule has 0 aromatic carbocycles. The SMILES string of the molecule is CC(C)(C)n1nc(Cl)c(Cl)c1F. The fourth-order valence-corrected chi connectivity index (χ4v) is 1.07. The predicted molar refractivity (Wildman–Crippen MR) is 47.2 cm³/mol. The summed E-state index contributed by atoms with van der Waals surface area (Å²) in [5, 5.41) is 3.64. The summed E-state index contributed by atoms with van der Waals surface area (Å²) >= 11 is 11.1. The van der Waals surface area contributed by atoms with Crippen LogP contribution in [0.3, 0.4) is 0 Å². The van der Waals surface area contributed by atoms with Crippen molar-refractivity contribution in [3.8, 4) is 0 Å². The lowest BCUT2D eigenvalue weighted by Crippen LogP contribution is -2.24. The zero-order valence-electron chi connectivity index (χ0n) is 7.03. The van der Waals surface area contributed by atoms with E-state index in [0.717, 1.165) is 4.68 Å². The Balaban J connectivity index is 3.28. The molecule has 68 valence electrons. The van der Waals surface area contributed by atoms with E-state index in [1.54, 1.807) is 0 Å². The monoisotopic (exact) mass is 210 g/mol. The van der Waals surface area contributed by atoms with Gasteiger partial charge in [0.05, 0.1) is 5.54 Å². The summed E-state index contributed by atoms with van der Waals surface area (Å²) < 4.78 is 14.4. The van der Waals surface area contributed by atoms with Gasteiger partial charge in [0.2, 0.25) is 5.95 Å². The van der Waals surface area contributed by atoms with Gasteiger partial charge in [-0.2, -0.15) is 9.49 Å². The highest BCUT2D eigenvalue weighted by atomic mass is 35.5. The summed E-state index contributed by atoms with van der Waals surface area (Å²) in [6.07, 6.45) is 0. The number of rotatable bonds is 0. The first kappa shape index (κ1) is 9.81. The molecule has 0 N–H and O–H groups in total. The first-order chi connectivity index (χ1) is 5.34. The van der Waals surface area contributed by atoms with Gasteiger partial charge in [0.25, 0.3) is 0 Å². The van der Waals surface area contributed by atoms with Gasteiger partial charge in [0.15, 0.2) is 5.15 Å². The standard InChI is InChI=1S/C7H9Cl2FN2/c1-7(2,3)12-6(10)4(8)5(9)11-12/h1-3H3. The van der Waals surface area contributed by atoms with Crippen LogP contribution in [0.1, 0.15) is 20.8 Å². The molecular weight excluding hydrogens is 202 g/mol. The maximum atomic E-state index is 13.2. The van der Waals surface area contributed by atoms with Gasteiger partial charge in [-0.25, -0.2) is 4.68 Å². The number of hydrogen-bond donors (Lipinski definition) is 0. The second-order valence-electron chi connectivity index (χ2n) is 3.48. The summed E-state index contributed by atoms with van der Waals surface area (Å²) in [6.45, 7) is 5.45. The highest BCUT2D eigenvalue weighted by Crippen LogP contribution is 2.27. The Morgan fingerprint density at radius 2 is 1.83 bits per heavy atom. The Kier molecular flexibility index (Phi) is 2.36. The average Bonchev–Trinajstić information content (AvgIpc) is 2.15. The molecule has 1 rings (SSSR count). The minimum absolute atomic E-state index is 0.00379. The lowest BCUT2D eigenvalue weighted by molar-refractivity contribution is 0.300. The van der Waals surface area contributed by atoms with Crippen LogP contribution in [0.25, 0.3) is 0 Å². The summed E-state index contributed by atoms with van der Waals surface area (Å²) in [6, 6.07) is 0. The van der Waals surface area contributed by atoms with Crippen LogP contribution >= 0.6 is 23.2 Å². The Bertz CT molecular complexity index is 301. The van der Waals surface area contributed by atoms with Crippen LogP contribution < -0.4 is 0 Å². The molecule has 0 spiro atoms. The van der Waals surface area contributed by atoms with Crippen molar-refractivity contribution >= 4 is 23.2 Å². The van der Waals surface area contributed by atoms with Gasteiger partial charge in [-0.15, -0.1) is 0 Å². The van der Waals surface area contributed by atoms with Crippen molar-refractivity contribution in [3.05, 3.63) is 16.1 Å². The van der Waals surface area contributed by atoms with E-state index in [0.29, 0.717) is 0 Å². The van der Waals surface area contributed by atoms with E-state index in [1.807, 2.05) is 20.8 Å². The highest BCUT2D eigenvalue weighted by molar-refractivity contribution is 6.41. The second kappa shape index (κ2) is 2.89. The van der Waals surface area contributed by atoms with E-state index in [1.165, 1.54) is 0 Å². The van der Waals surface area contributed by atoms with Gasteiger partial charge in [-0.1, -0.05) is 23.2 Å². The molecular formula is C7H9Cl2FN2. The molecule has 5 heteroatoms. The van der Waals surface area contributed by atoms with Crippen molar-refractivity contribution in [1.29, 1.82) is 0 Å². The van der Waals surface area contributed by atoms with E-state index < -0.39 is 11.5 Å². The Labute approximate surface area is 80.3 Å². The third-order valence-electron chi connectivity index (χ3n) is 1.37. The van der Waals surface area contributed by atoms with Crippen LogP contribution in [0.2, 0.25) is 10.2 Å². The molecule has 1 heterocycles. The van der Waals surface area contributed by atoms with Gasteiger partial charge in [0.1, 0.15) is 5.02 Å². The van der Waals surface area contributed by atoms with Gasteiger partial charge >= 0.3 is 0 Å². The molecule has 0 bridgehead atoms. The Morgan fingerprint density at radius 1 is 1.33 bits per heavy atom. The summed E-state index contributed by atoms with van der Waals surface area (Å²) in [5.41, 5.74) is -0.444. The second-order valence-corrected chi connectivity index (χ2v) is 4.21. The Hall–Kier alpha value is -0.280. The normalized spacial score (nSPS) is 12.2. The molecule has 0 aliphatic carbocycles. The summed E-state index contributed by atoms with van der Waals surface area (Å²) in [7, 11) is 0. The van der Waals surface area contributed by atoms with E-state index in [-0.39, 0.29) is 10.2 Å². The lowest BCUT2D eigenvalue weighted by Gasteiger charge is -2.19. The molecule has 0 radical (unpaired) electrons. The number of hydrogen-bond acceptors (Lipinski definition) is 1. The van der Waals surface area contributed by atoms with Gasteiger partial charge in [-0.3, -0.25) is 0 Å². The van der Waals surface area contributed by atoms with Crippen LogP contribution in [0.4, 0.5) is 4.39 Å². The maximum Gasteiger partial charge on any atom is 0.232 e. The molecule has 0 atom stereocenters. The zero-order valence-corrected chi connectivity index (χ0v) is 8.54. The van der Waals surface area contributed by atoms with Crippen LogP contribution in [0, 0.1) is 5.95 Å². The molecule has 0 aliphatic rings. The predicted octanol–water partition coefficient (Wildman–Crippen LogP) is 3.08. The molecule has 2 nitrogen and oxygen atoms in total. The number of aromatic nitrogens is 2. The molecule has 1 aromatic rings. The van der Waals surface area contributed by atoms with E-state index in [4.69, 9.17) is 23.2 Å². The fourth-order valence-electron chi connectivity index (χ4n) is 0.798. The van der Waals surface area contributed by atoms with Crippen LogP contribution in [0.5, 0.6) is 0 Å². The molecule has 0 fully saturated rings. The summed E-state index contributed by atoms with van der Waals surface area (Å²) in [4.78, 5) is 0. The van der Waals surface area contributed by atoms with Crippen molar-refractivity contribution in [3.63, 3.8) is 0 Å². The zero-order chi connectivity index (χ0) is 9.52. The lowest BCUT2D eigenvalue weighted by atomic mass is 10.1. The third-order valence-corrected chi connectivity index (χ3v) is 2.07. The van der Waals surface area contributed by atoms with Crippen molar-refractivity contribution < 1.29 is 4.39 Å². The molecule has 0 amide bonds. The minimum Gasteiger partial charge on any atom is -0.231 e. The first-order valence-corrected chi connectivity index (χ1v) is 4.19. The Morgan fingerprint density at radius 3 is 2.00 bits per heavy atom. The van der Waals surface area contributed by atoms with Gasteiger partial charge < -0.3 is 0 Å². The molecule has 0 aliphatic heterocycles. The maximum absolute atomic E-state index is 13.2. The van der Waals surface area contributed by atoms with Crippen molar-refractivity contribution in [2.75, 3.05) is 0 Å². The third kappa shape index (κ3) is 1.57. The smallest absolute Gasteiger partial charge is 0.231 e.